The number of aromatic nitrogens is 5. The van der Waals surface area contributed by atoms with Crippen LogP contribution in [-0.2, 0) is 6.54 Å². The largest absolute Gasteiger partial charge is 0.461 e. The number of furan rings is 1. The topological polar surface area (TPSA) is 111 Å². The van der Waals surface area contributed by atoms with Gasteiger partial charge in [-0.3, -0.25) is 14.3 Å². The summed E-state index contributed by atoms with van der Waals surface area (Å²) in [5.74, 6) is -0.126. The maximum Gasteiger partial charge on any atom is 0.309 e. The van der Waals surface area contributed by atoms with Crippen LogP contribution in [0.15, 0.2) is 44.6 Å². The van der Waals surface area contributed by atoms with E-state index in [1.54, 1.807) is 29.0 Å². The van der Waals surface area contributed by atoms with E-state index in [0.717, 1.165) is 17.4 Å². The lowest BCUT2D eigenvalue weighted by Gasteiger charge is -2.36. The van der Waals surface area contributed by atoms with Crippen LogP contribution in [0, 0.1) is 11.6 Å². The molecule has 4 aromatic heterocycles. The first-order valence-electron chi connectivity index (χ1n) is 11.5. The Balaban J connectivity index is 1.19. The van der Waals surface area contributed by atoms with Gasteiger partial charge in [-0.15, -0.1) is 16.9 Å². The van der Waals surface area contributed by atoms with E-state index in [4.69, 9.17) is 10.2 Å². The van der Waals surface area contributed by atoms with Crippen LogP contribution in [0.3, 0.4) is 0 Å². The molecule has 1 aliphatic rings. The molecule has 10 nitrogen and oxygen atoms in total. The van der Waals surface area contributed by atoms with E-state index >= 15 is 0 Å². The summed E-state index contributed by atoms with van der Waals surface area (Å²) >= 11 is 2.31. The Morgan fingerprint density at radius 1 is 1.11 bits per heavy atom. The normalized spacial score (nSPS) is 14.8. The zero-order valence-electron chi connectivity index (χ0n) is 19.7. The van der Waals surface area contributed by atoms with E-state index in [2.05, 4.69) is 20.0 Å². The zero-order valence-corrected chi connectivity index (χ0v) is 21.4. The van der Waals surface area contributed by atoms with Crippen molar-refractivity contribution in [1.82, 2.24) is 29.0 Å². The highest BCUT2D eigenvalue weighted by molar-refractivity contribution is 7.98. The van der Waals surface area contributed by atoms with Gasteiger partial charge in [-0.2, -0.15) is 9.50 Å². The highest BCUT2D eigenvalue weighted by Crippen LogP contribution is 2.29. The van der Waals surface area contributed by atoms with Crippen LogP contribution in [0.5, 0.6) is 0 Å². The minimum atomic E-state index is -0.557. The molecule has 5 aromatic rings. The molecule has 6 rings (SSSR count). The third kappa shape index (κ3) is 4.24. The average Bonchev–Trinajstić information content (AvgIpc) is 3.63. The number of hydrogen-bond acceptors (Lipinski definition) is 10. The SMILES string of the molecule is CSc1cc(N2CCN(CCn3c(=O)sc4c3nc(N)n3nc(-c5ccco5)nc43)CC2)c(F)cc1F. The van der Waals surface area contributed by atoms with Gasteiger partial charge in [-0.1, -0.05) is 11.3 Å². The molecule has 1 saturated heterocycles. The zero-order chi connectivity index (χ0) is 25.7. The number of fused-ring (bicyclic) bond motifs is 3. The molecule has 0 amide bonds. The van der Waals surface area contributed by atoms with Crippen molar-refractivity contribution in [3.63, 3.8) is 0 Å². The van der Waals surface area contributed by atoms with Crippen LogP contribution >= 0.6 is 23.1 Å². The van der Waals surface area contributed by atoms with Gasteiger partial charge in [0.15, 0.2) is 17.1 Å². The van der Waals surface area contributed by atoms with Crippen molar-refractivity contribution in [1.29, 1.82) is 0 Å². The summed E-state index contributed by atoms with van der Waals surface area (Å²) in [6.07, 6.45) is 3.30. The molecule has 0 unspecified atom stereocenters. The lowest BCUT2D eigenvalue weighted by molar-refractivity contribution is 0.248. The molecule has 0 aliphatic carbocycles. The minimum Gasteiger partial charge on any atom is -0.461 e. The van der Waals surface area contributed by atoms with E-state index in [9.17, 15) is 13.6 Å². The fraction of sp³-hybridized carbons (Fsp3) is 0.304. The Labute approximate surface area is 217 Å². The summed E-state index contributed by atoms with van der Waals surface area (Å²) in [4.78, 5) is 26.3. The van der Waals surface area contributed by atoms with Gasteiger partial charge < -0.3 is 15.1 Å². The maximum atomic E-state index is 14.4. The first-order chi connectivity index (χ1) is 17.9. The van der Waals surface area contributed by atoms with Gasteiger partial charge in [0.25, 0.3) is 0 Å². The highest BCUT2D eigenvalue weighted by atomic mass is 32.2. The second kappa shape index (κ2) is 9.43. The first-order valence-corrected chi connectivity index (χ1v) is 13.6. The molecule has 2 N–H and O–H groups in total. The predicted molar refractivity (Wildman–Crippen MR) is 139 cm³/mol. The number of thiazole rings is 1. The van der Waals surface area contributed by atoms with Crippen LogP contribution in [0.1, 0.15) is 0 Å². The quantitative estimate of drug-likeness (QED) is 0.322. The van der Waals surface area contributed by atoms with Gasteiger partial charge in [0.05, 0.1) is 12.0 Å². The van der Waals surface area contributed by atoms with Crippen molar-refractivity contribution in [3.05, 3.63) is 51.8 Å². The molecule has 1 fully saturated rings. The second-order valence-electron chi connectivity index (χ2n) is 8.56. The molecule has 1 aromatic carbocycles. The standard InChI is InChI=1S/C23H22F2N8O2S2/c1-36-17-12-15(13(24)11-14(17)25)31-7-4-30(5-8-31)6-9-32-20-18(37-23(32)34)21-27-19(16-3-2-10-35-16)29-33(21)22(26)28-20/h2-3,10-12H,4-9H2,1H3,(H2,26,28). The third-order valence-electron chi connectivity index (χ3n) is 6.43. The molecule has 1 aliphatic heterocycles. The number of anilines is 2. The van der Waals surface area contributed by atoms with Crippen LogP contribution in [0.2, 0.25) is 0 Å². The fourth-order valence-corrected chi connectivity index (χ4v) is 5.92. The number of benzene rings is 1. The molecule has 0 spiro atoms. The number of nitrogens with two attached hydrogens (primary N) is 1. The highest BCUT2D eigenvalue weighted by Gasteiger charge is 2.23. The Bertz CT molecular complexity index is 1660. The van der Waals surface area contributed by atoms with Crippen LogP contribution in [0.4, 0.5) is 20.4 Å². The van der Waals surface area contributed by atoms with Crippen LogP contribution < -0.4 is 15.5 Å². The van der Waals surface area contributed by atoms with Crippen LogP contribution in [0.25, 0.3) is 27.6 Å². The van der Waals surface area contributed by atoms with Crippen molar-refractivity contribution >= 4 is 50.7 Å². The molecule has 0 saturated carbocycles. The van der Waals surface area contributed by atoms with E-state index in [-0.39, 0.29) is 10.8 Å². The fourth-order valence-electron chi connectivity index (χ4n) is 4.51. The molecule has 192 valence electrons. The number of hydrogen-bond donors (Lipinski definition) is 1. The Hall–Kier alpha value is -3.49. The molecule has 0 radical (unpaired) electrons. The molecule has 5 heterocycles. The van der Waals surface area contributed by atoms with E-state index in [1.165, 1.54) is 22.5 Å². The first kappa shape index (κ1) is 23.9. The Kier molecular flexibility index (Phi) is 6.09. The second-order valence-corrected chi connectivity index (χ2v) is 10.4. The van der Waals surface area contributed by atoms with Gasteiger partial charge in [0.2, 0.25) is 11.8 Å². The maximum absolute atomic E-state index is 14.4. The monoisotopic (exact) mass is 544 g/mol. The molecular weight excluding hydrogens is 522 g/mol. The number of thioether (sulfide) groups is 1. The lowest BCUT2D eigenvalue weighted by Crippen LogP contribution is -2.47. The van der Waals surface area contributed by atoms with Crippen molar-refractivity contribution in [2.24, 2.45) is 0 Å². The number of halogens is 2. The predicted octanol–water partition coefficient (Wildman–Crippen LogP) is 3.17. The average molecular weight is 545 g/mol. The number of rotatable bonds is 6. The van der Waals surface area contributed by atoms with E-state index in [0.29, 0.717) is 77.4 Å². The van der Waals surface area contributed by atoms with E-state index < -0.39 is 11.6 Å². The third-order valence-corrected chi connectivity index (χ3v) is 8.15. The summed E-state index contributed by atoms with van der Waals surface area (Å²) < 4.78 is 37.3. The van der Waals surface area contributed by atoms with Crippen molar-refractivity contribution in [3.8, 4) is 11.6 Å². The molecular formula is C23H22F2N8O2S2. The number of nitrogen functional groups attached to an aromatic ring is 1. The number of nitrogens with zero attached hydrogens (tertiary/aromatic N) is 7. The summed E-state index contributed by atoms with van der Waals surface area (Å²) in [5.41, 5.74) is 7.49. The van der Waals surface area contributed by atoms with Gasteiger partial charge in [0, 0.05) is 50.2 Å². The summed E-state index contributed by atoms with van der Waals surface area (Å²) in [6, 6.07) is 6.00. The Morgan fingerprint density at radius 2 is 1.92 bits per heavy atom. The lowest BCUT2D eigenvalue weighted by atomic mass is 10.2. The molecule has 0 atom stereocenters. The minimum absolute atomic E-state index is 0.124. The van der Waals surface area contributed by atoms with Crippen molar-refractivity contribution in [2.75, 3.05) is 49.6 Å². The molecule has 0 bridgehead atoms. The summed E-state index contributed by atoms with van der Waals surface area (Å²) in [7, 11) is 0. The summed E-state index contributed by atoms with van der Waals surface area (Å²) in [5, 5.41) is 4.38. The molecule has 37 heavy (non-hydrogen) atoms. The molecule has 14 heteroatoms. The van der Waals surface area contributed by atoms with Crippen molar-refractivity contribution in [2.45, 2.75) is 11.4 Å². The van der Waals surface area contributed by atoms with Gasteiger partial charge in [-0.25, -0.2) is 13.8 Å². The number of piperazine rings is 1. The summed E-state index contributed by atoms with van der Waals surface area (Å²) in [6.45, 7) is 3.58. The van der Waals surface area contributed by atoms with E-state index in [1.807, 2.05) is 4.90 Å². The Morgan fingerprint density at radius 3 is 2.65 bits per heavy atom. The van der Waals surface area contributed by atoms with Crippen LogP contribution in [-0.4, -0.2) is 68.0 Å². The van der Waals surface area contributed by atoms with Crippen molar-refractivity contribution < 1.29 is 13.2 Å². The van der Waals surface area contributed by atoms with Gasteiger partial charge in [0.1, 0.15) is 16.3 Å². The smallest absolute Gasteiger partial charge is 0.309 e. The van der Waals surface area contributed by atoms with Gasteiger partial charge in [-0.05, 0) is 24.5 Å². The van der Waals surface area contributed by atoms with Gasteiger partial charge >= 0.3 is 4.87 Å².